The van der Waals surface area contributed by atoms with Gasteiger partial charge in [0.15, 0.2) is 0 Å². The number of ether oxygens (including phenoxy) is 1. The third kappa shape index (κ3) is 6.95. The first-order chi connectivity index (χ1) is 9.63. The van der Waals surface area contributed by atoms with Gasteiger partial charge in [-0.3, -0.25) is 0 Å². The molecule has 0 fully saturated rings. The molecule has 2 nitrogen and oxygen atoms in total. The number of hydrogen-bond donors (Lipinski definition) is 1. The van der Waals surface area contributed by atoms with E-state index >= 15 is 0 Å². The molecule has 0 heterocycles. The van der Waals surface area contributed by atoms with Crippen molar-refractivity contribution < 1.29 is 4.74 Å². The van der Waals surface area contributed by atoms with Crippen LogP contribution in [0.25, 0.3) is 0 Å². The Bertz CT molecular complexity index is 345. The van der Waals surface area contributed by atoms with Crippen LogP contribution in [0.4, 0.5) is 0 Å². The minimum atomic E-state index is 0.719. The van der Waals surface area contributed by atoms with Crippen LogP contribution >= 0.6 is 0 Å². The maximum absolute atomic E-state index is 5.72. The van der Waals surface area contributed by atoms with Gasteiger partial charge in [-0.15, -0.1) is 0 Å². The average Bonchev–Trinajstić information content (AvgIpc) is 2.45. The van der Waals surface area contributed by atoms with Crippen molar-refractivity contribution in [1.29, 1.82) is 0 Å². The summed E-state index contributed by atoms with van der Waals surface area (Å²) in [6.07, 6.45) is 3.63. The first-order valence-corrected chi connectivity index (χ1v) is 8.06. The third-order valence-electron chi connectivity index (χ3n) is 3.87. The fourth-order valence-corrected chi connectivity index (χ4v) is 1.93. The molecule has 0 aliphatic carbocycles. The molecule has 0 aliphatic heterocycles. The lowest BCUT2D eigenvalue weighted by Crippen LogP contribution is -2.23. The van der Waals surface area contributed by atoms with Gasteiger partial charge in [-0.05, 0) is 42.5 Å². The Kier molecular flexibility index (Phi) is 8.36. The standard InChI is InChI=1S/C18H31NO/c1-5-6-7-12-20-18-10-8-17(9-11-18)14-19-13-16(4)15(2)3/h8-11,15-16,19H,5-7,12-14H2,1-4H3. The molecule has 0 aromatic heterocycles. The van der Waals surface area contributed by atoms with Crippen molar-refractivity contribution in [3.8, 4) is 5.75 Å². The van der Waals surface area contributed by atoms with E-state index in [1.807, 2.05) is 0 Å². The molecule has 0 saturated heterocycles. The molecule has 1 aromatic carbocycles. The van der Waals surface area contributed by atoms with Crippen LogP contribution in [0.2, 0.25) is 0 Å². The van der Waals surface area contributed by atoms with Gasteiger partial charge in [0.1, 0.15) is 5.75 Å². The highest BCUT2D eigenvalue weighted by atomic mass is 16.5. The minimum absolute atomic E-state index is 0.719. The maximum atomic E-state index is 5.72. The third-order valence-corrected chi connectivity index (χ3v) is 3.87. The summed E-state index contributed by atoms with van der Waals surface area (Å²) in [5.74, 6) is 2.44. The van der Waals surface area contributed by atoms with Crippen molar-refractivity contribution in [3.63, 3.8) is 0 Å². The van der Waals surface area contributed by atoms with Crippen molar-refractivity contribution in [1.82, 2.24) is 5.32 Å². The van der Waals surface area contributed by atoms with E-state index in [1.165, 1.54) is 18.4 Å². The van der Waals surface area contributed by atoms with Gasteiger partial charge in [-0.1, -0.05) is 52.7 Å². The van der Waals surface area contributed by atoms with E-state index in [2.05, 4.69) is 57.3 Å². The fraction of sp³-hybridized carbons (Fsp3) is 0.667. The molecule has 1 atom stereocenters. The predicted molar refractivity (Wildman–Crippen MR) is 87.2 cm³/mol. The van der Waals surface area contributed by atoms with Crippen molar-refractivity contribution in [2.45, 2.75) is 53.5 Å². The predicted octanol–water partition coefficient (Wildman–Crippen LogP) is 4.64. The Morgan fingerprint density at radius 2 is 1.75 bits per heavy atom. The normalized spacial score (nSPS) is 12.7. The van der Waals surface area contributed by atoms with Crippen LogP contribution in [0, 0.1) is 11.8 Å². The summed E-state index contributed by atoms with van der Waals surface area (Å²) in [5, 5.41) is 3.52. The van der Waals surface area contributed by atoms with Crippen LogP contribution in [0.5, 0.6) is 5.75 Å². The summed E-state index contributed by atoms with van der Waals surface area (Å²) >= 11 is 0. The van der Waals surface area contributed by atoms with Crippen LogP contribution in [0.15, 0.2) is 24.3 Å². The van der Waals surface area contributed by atoms with Crippen molar-refractivity contribution in [3.05, 3.63) is 29.8 Å². The van der Waals surface area contributed by atoms with Gasteiger partial charge < -0.3 is 10.1 Å². The highest BCUT2D eigenvalue weighted by Gasteiger charge is 2.05. The van der Waals surface area contributed by atoms with Crippen molar-refractivity contribution in [2.75, 3.05) is 13.2 Å². The summed E-state index contributed by atoms with van der Waals surface area (Å²) in [6, 6.07) is 8.47. The Hall–Kier alpha value is -1.02. The molecule has 0 saturated carbocycles. The van der Waals surface area contributed by atoms with E-state index in [0.29, 0.717) is 0 Å². The zero-order chi connectivity index (χ0) is 14.8. The lowest BCUT2D eigenvalue weighted by Gasteiger charge is -2.16. The molecule has 1 N–H and O–H groups in total. The Labute approximate surface area is 124 Å². The number of benzene rings is 1. The van der Waals surface area contributed by atoms with E-state index in [0.717, 1.165) is 43.7 Å². The molecular formula is C18H31NO. The molecule has 1 rings (SSSR count). The number of hydrogen-bond acceptors (Lipinski definition) is 2. The molecular weight excluding hydrogens is 246 g/mol. The molecule has 0 spiro atoms. The summed E-state index contributed by atoms with van der Waals surface area (Å²) < 4.78 is 5.72. The van der Waals surface area contributed by atoms with Gasteiger partial charge in [0.2, 0.25) is 0 Å². The lowest BCUT2D eigenvalue weighted by atomic mass is 9.98. The fourth-order valence-electron chi connectivity index (χ4n) is 1.93. The number of unbranched alkanes of at least 4 members (excludes halogenated alkanes) is 2. The number of nitrogens with one attached hydrogen (secondary N) is 1. The summed E-state index contributed by atoms with van der Waals surface area (Å²) in [4.78, 5) is 0. The van der Waals surface area contributed by atoms with Crippen molar-refractivity contribution in [2.24, 2.45) is 11.8 Å². The van der Waals surface area contributed by atoms with E-state index in [9.17, 15) is 0 Å². The zero-order valence-corrected chi connectivity index (χ0v) is 13.6. The summed E-state index contributed by atoms with van der Waals surface area (Å²) in [7, 11) is 0. The highest BCUT2D eigenvalue weighted by molar-refractivity contribution is 5.27. The first kappa shape index (κ1) is 17.0. The molecule has 0 amide bonds. The van der Waals surface area contributed by atoms with E-state index < -0.39 is 0 Å². The molecule has 0 aliphatic rings. The SMILES string of the molecule is CCCCCOc1ccc(CNCC(C)C(C)C)cc1. The molecule has 2 heteroatoms. The van der Waals surface area contributed by atoms with Gasteiger partial charge in [0, 0.05) is 6.54 Å². The largest absolute Gasteiger partial charge is 0.494 e. The molecule has 0 radical (unpaired) electrons. The smallest absolute Gasteiger partial charge is 0.119 e. The van der Waals surface area contributed by atoms with Gasteiger partial charge in [-0.25, -0.2) is 0 Å². The van der Waals surface area contributed by atoms with Crippen molar-refractivity contribution >= 4 is 0 Å². The van der Waals surface area contributed by atoms with E-state index in [-0.39, 0.29) is 0 Å². The van der Waals surface area contributed by atoms with Crippen LogP contribution in [0.3, 0.4) is 0 Å². The van der Waals surface area contributed by atoms with Gasteiger partial charge in [0.05, 0.1) is 6.61 Å². The average molecular weight is 277 g/mol. The number of rotatable bonds is 10. The highest BCUT2D eigenvalue weighted by Crippen LogP contribution is 2.13. The molecule has 1 aromatic rings. The summed E-state index contributed by atoms with van der Waals surface area (Å²) in [5.41, 5.74) is 1.32. The quantitative estimate of drug-likeness (QED) is 0.629. The van der Waals surface area contributed by atoms with Gasteiger partial charge in [0.25, 0.3) is 0 Å². The Morgan fingerprint density at radius 1 is 1.05 bits per heavy atom. The monoisotopic (exact) mass is 277 g/mol. The topological polar surface area (TPSA) is 21.3 Å². The van der Waals surface area contributed by atoms with E-state index in [1.54, 1.807) is 0 Å². The zero-order valence-electron chi connectivity index (χ0n) is 13.6. The first-order valence-electron chi connectivity index (χ1n) is 8.06. The molecule has 114 valence electrons. The maximum Gasteiger partial charge on any atom is 0.119 e. The molecule has 20 heavy (non-hydrogen) atoms. The second-order valence-corrected chi connectivity index (χ2v) is 6.05. The second-order valence-electron chi connectivity index (χ2n) is 6.05. The van der Waals surface area contributed by atoms with Crippen LogP contribution in [0.1, 0.15) is 52.5 Å². The minimum Gasteiger partial charge on any atom is -0.494 e. The van der Waals surface area contributed by atoms with E-state index in [4.69, 9.17) is 4.74 Å². The Morgan fingerprint density at radius 3 is 2.35 bits per heavy atom. The lowest BCUT2D eigenvalue weighted by molar-refractivity contribution is 0.306. The Balaban J connectivity index is 2.24. The van der Waals surface area contributed by atoms with Gasteiger partial charge >= 0.3 is 0 Å². The van der Waals surface area contributed by atoms with Crippen LogP contribution in [-0.4, -0.2) is 13.2 Å². The second kappa shape index (κ2) is 9.82. The van der Waals surface area contributed by atoms with Crippen LogP contribution < -0.4 is 10.1 Å². The molecule has 1 unspecified atom stereocenters. The van der Waals surface area contributed by atoms with Gasteiger partial charge in [-0.2, -0.15) is 0 Å². The molecule has 0 bridgehead atoms. The summed E-state index contributed by atoms with van der Waals surface area (Å²) in [6.45, 7) is 11.9. The van der Waals surface area contributed by atoms with Crippen LogP contribution in [-0.2, 0) is 6.54 Å².